The smallest absolute Gasteiger partial charge is 0.125 e. The molecule has 3 nitrogen and oxygen atoms in total. The van der Waals surface area contributed by atoms with E-state index >= 15 is 0 Å². The third-order valence-electron chi connectivity index (χ3n) is 2.99. The number of nitrogens with one attached hydrogen (secondary N) is 1. The molecule has 0 aliphatic carbocycles. The second-order valence-electron chi connectivity index (χ2n) is 5.61. The van der Waals surface area contributed by atoms with Gasteiger partial charge in [0.05, 0.1) is 6.10 Å². The van der Waals surface area contributed by atoms with Crippen LogP contribution in [0.1, 0.15) is 44.4 Å². The minimum atomic E-state index is -0.555. The number of fused-ring (bicyclic) bond motifs is 1. The molecule has 2 rings (SSSR count). The molecule has 0 aromatic heterocycles. The molecule has 1 aromatic carbocycles. The Kier molecular flexibility index (Phi) is 3.15. The van der Waals surface area contributed by atoms with Crippen LogP contribution >= 0.6 is 0 Å². The van der Waals surface area contributed by atoms with E-state index in [1.165, 1.54) is 0 Å². The molecule has 1 heterocycles. The van der Waals surface area contributed by atoms with Crippen molar-refractivity contribution >= 4 is 5.69 Å². The van der Waals surface area contributed by atoms with Crippen LogP contribution in [0.15, 0.2) is 18.2 Å². The summed E-state index contributed by atoms with van der Waals surface area (Å²) < 4.78 is 0. The first-order valence-electron chi connectivity index (χ1n) is 5.88. The van der Waals surface area contributed by atoms with Crippen molar-refractivity contribution in [3.63, 3.8) is 0 Å². The Labute approximate surface area is 102 Å². The molecule has 0 bridgehead atoms. The highest BCUT2D eigenvalue weighted by molar-refractivity contribution is 5.58. The quantitative estimate of drug-likeness (QED) is 0.697. The van der Waals surface area contributed by atoms with Crippen LogP contribution < -0.4 is 5.32 Å². The first kappa shape index (κ1) is 12.4. The van der Waals surface area contributed by atoms with Crippen molar-refractivity contribution in [1.82, 2.24) is 0 Å². The molecule has 1 aliphatic rings. The van der Waals surface area contributed by atoms with Crippen molar-refractivity contribution in [3.05, 3.63) is 35.7 Å². The van der Waals surface area contributed by atoms with E-state index < -0.39 is 12.3 Å². The van der Waals surface area contributed by atoms with Crippen molar-refractivity contribution in [2.75, 3.05) is 5.32 Å². The molecule has 1 aromatic rings. The molecule has 2 atom stereocenters. The fourth-order valence-electron chi connectivity index (χ4n) is 1.94. The summed E-state index contributed by atoms with van der Waals surface area (Å²) in [5.74, 6) is 0. The van der Waals surface area contributed by atoms with Crippen LogP contribution in [0.4, 0.5) is 5.69 Å². The molecule has 0 saturated heterocycles. The summed E-state index contributed by atoms with van der Waals surface area (Å²) in [5.41, 5.74) is 2.50. The average Bonchev–Trinajstić information content (AvgIpc) is 2.26. The Bertz CT molecular complexity index is 409. The highest BCUT2D eigenvalue weighted by Crippen LogP contribution is 2.35. The lowest BCUT2D eigenvalue weighted by atomic mass is 9.83. The fraction of sp³-hybridized carbons (Fsp3) is 0.500. The number of aliphatic hydroxyl groups excluding tert-OH is 2. The monoisotopic (exact) mass is 233 g/mol. The van der Waals surface area contributed by atoms with Gasteiger partial charge in [0, 0.05) is 18.5 Å². The van der Waals surface area contributed by atoms with Gasteiger partial charge < -0.3 is 15.5 Å². The third kappa shape index (κ3) is 2.61. The number of benzene rings is 1. The molecule has 2 unspecified atom stereocenters. The summed E-state index contributed by atoms with van der Waals surface area (Å²) in [6, 6.07) is 5.71. The number of rotatable bonds is 1. The van der Waals surface area contributed by atoms with Crippen molar-refractivity contribution in [2.24, 2.45) is 5.41 Å². The fourth-order valence-corrected chi connectivity index (χ4v) is 1.94. The maximum atomic E-state index is 10.2. The van der Waals surface area contributed by atoms with Crippen molar-refractivity contribution in [3.8, 4) is 0 Å². The average molecular weight is 233 g/mol. The summed E-state index contributed by atoms with van der Waals surface area (Å²) in [6.45, 7) is 6.02. The number of hydrogen-bond donors (Lipinski definition) is 3. The predicted octanol–water partition coefficient (Wildman–Crippen LogP) is 2.33. The van der Waals surface area contributed by atoms with Crippen LogP contribution in [0, 0.1) is 11.8 Å². The van der Waals surface area contributed by atoms with E-state index in [0.29, 0.717) is 6.42 Å². The SMILES string of the molecule is CC(C)(C)C(O)c1ccc2c(c1)[C]CC(O)N2. The predicted molar refractivity (Wildman–Crippen MR) is 67.4 cm³/mol. The molecule has 2 radical (unpaired) electrons. The van der Waals surface area contributed by atoms with Gasteiger partial charge in [0.15, 0.2) is 0 Å². The van der Waals surface area contributed by atoms with Crippen LogP contribution in [0.25, 0.3) is 0 Å². The Morgan fingerprint density at radius 2 is 2.12 bits per heavy atom. The van der Waals surface area contributed by atoms with Crippen LogP contribution in [0.3, 0.4) is 0 Å². The number of anilines is 1. The normalized spacial score (nSPS) is 21.6. The van der Waals surface area contributed by atoms with Gasteiger partial charge in [0.2, 0.25) is 0 Å². The van der Waals surface area contributed by atoms with Crippen molar-refractivity contribution in [2.45, 2.75) is 39.5 Å². The summed E-state index contributed by atoms with van der Waals surface area (Å²) >= 11 is 0. The van der Waals surface area contributed by atoms with E-state index in [2.05, 4.69) is 11.7 Å². The third-order valence-corrected chi connectivity index (χ3v) is 2.99. The van der Waals surface area contributed by atoms with Gasteiger partial charge in [-0.15, -0.1) is 0 Å². The van der Waals surface area contributed by atoms with Crippen molar-refractivity contribution in [1.29, 1.82) is 0 Å². The maximum Gasteiger partial charge on any atom is 0.125 e. The summed E-state index contributed by atoms with van der Waals surface area (Å²) in [7, 11) is 0. The van der Waals surface area contributed by atoms with Crippen LogP contribution in [0.5, 0.6) is 0 Å². The van der Waals surface area contributed by atoms with Gasteiger partial charge in [-0.3, -0.25) is 0 Å². The molecule has 3 heteroatoms. The molecule has 0 amide bonds. The maximum absolute atomic E-state index is 10.2. The highest BCUT2D eigenvalue weighted by atomic mass is 16.3. The highest BCUT2D eigenvalue weighted by Gasteiger charge is 2.25. The van der Waals surface area contributed by atoms with E-state index in [1.54, 1.807) is 0 Å². The largest absolute Gasteiger partial charge is 0.388 e. The molecule has 17 heavy (non-hydrogen) atoms. The zero-order chi connectivity index (χ0) is 12.6. The zero-order valence-electron chi connectivity index (χ0n) is 10.5. The Morgan fingerprint density at radius 1 is 1.41 bits per heavy atom. The van der Waals surface area contributed by atoms with Gasteiger partial charge in [-0.25, -0.2) is 0 Å². The van der Waals surface area contributed by atoms with E-state index in [4.69, 9.17) is 0 Å². The van der Waals surface area contributed by atoms with E-state index in [9.17, 15) is 10.2 Å². The lowest BCUT2D eigenvalue weighted by Crippen LogP contribution is -2.24. The van der Waals surface area contributed by atoms with Crippen LogP contribution in [-0.4, -0.2) is 16.4 Å². The van der Waals surface area contributed by atoms with Gasteiger partial charge in [0.1, 0.15) is 6.23 Å². The molecule has 3 N–H and O–H groups in total. The molecular weight excluding hydrogens is 214 g/mol. The van der Waals surface area contributed by atoms with Crippen LogP contribution in [0.2, 0.25) is 0 Å². The zero-order valence-corrected chi connectivity index (χ0v) is 10.5. The van der Waals surface area contributed by atoms with Gasteiger partial charge in [-0.1, -0.05) is 32.9 Å². The molecule has 0 fully saturated rings. The Hall–Kier alpha value is -1.06. The van der Waals surface area contributed by atoms with Gasteiger partial charge in [-0.2, -0.15) is 0 Å². The van der Waals surface area contributed by atoms with Gasteiger partial charge >= 0.3 is 0 Å². The van der Waals surface area contributed by atoms with E-state index in [0.717, 1.165) is 16.8 Å². The minimum absolute atomic E-state index is 0.185. The summed E-state index contributed by atoms with van der Waals surface area (Å²) in [5, 5.41) is 22.6. The molecule has 92 valence electrons. The summed E-state index contributed by atoms with van der Waals surface area (Å²) in [6.07, 6.45) is 2.56. The lowest BCUT2D eigenvalue weighted by molar-refractivity contribution is 0.0626. The van der Waals surface area contributed by atoms with E-state index in [1.807, 2.05) is 39.0 Å². The first-order valence-corrected chi connectivity index (χ1v) is 5.88. The standard InChI is InChI=1S/C14H19NO2/c1-14(2,3)13(17)10-4-6-11-9(8-10)5-7-12(16)15-11/h4,6,8,12-13,15-17H,7H2,1-3H3. The van der Waals surface area contributed by atoms with Gasteiger partial charge in [0.25, 0.3) is 0 Å². The second-order valence-corrected chi connectivity index (χ2v) is 5.61. The number of hydrogen-bond acceptors (Lipinski definition) is 3. The molecule has 0 spiro atoms. The minimum Gasteiger partial charge on any atom is -0.388 e. The van der Waals surface area contributed by atoms with E-state index in [-0.39, 0.29) is 5.41 Å². The lowest BCUT2D eigenvalue weighted by Gasteiger charge is -2.28. The molecule has 1 aliphatic heterocycles. The first-order chi connectivity index (χ1) is 7.88. The Balaban J connectivity index is 2.28. The number of aliphatic hydroxyl groups is 2. The second kappa shape index (κ2) is 4.31. The van der Waals surface area contributed by atoms with Crippen LogP contribution in [-0.2, 0) is 0 Å². The topological polar surface area (TPSA) is 52.5 Å². The van der Waals surface area contributed by atoms with Crippen molar-refractivity contribution < 1.29 is 10.2 Å². The van der Waals surface area contributed by atoms with Gasteiger partial charge in [-0.05, 0) is 22.6 Å². The Morgan fingerprint density at radius 3 is 2.76 bits per heavy atom. The molecular formula is C14H19NO2. The summed E-state index contributed by atoms with van der Waals surface area (Å²) in [4.78, 5) is 0. The molecule has 0 saturated carbocycles.